The molecule has 0 unspecified atom stereocenters. The van der Waals surface area contributed by atoms with Gasteiger partial charge in [-0.3, -0.25) is 9.59 Å². The van der Waals surface area contributed by atoms with Gasteiger partial charge in [-0.05, 0) is 54.8 Å². The number of benzene rings is 2. The molecule has 1 amide bonds. The van der Waals surface area contributed by atoms with Gasteiger partial charge in [0.25, 0.3) is 11.7 Å². The number of carbonyl (C=O) groups excluding carboxylic acids is 3. The van der Waals surface area contributed by atoms with Crippen molar-refractivity contribution in [1.29, 1.82) is 0 Å². The minimum atomic E-state index is -0.807. The van der Waals surface area contributed by atoms with Crippen LogP contribution in [0.5, 0.6) is 5.75 Å². The molecular formula is C28H27N3O6. The van der Waals surface area contributed by atoms with E-state index in [2.05, 4.69) is 4.98 Å². The van der Waals surface area contributed by atoms with Crippen molar-refractivity contribution in [3.63, 3.8) is 0 Å². The van der Waals surface area contributed by atoms with Crippen LogP contribution in [0.4, 0.5) is 0 Å². The van der Waals surface area contributed by atoms with Crippen LogP contribution in [0.1, 0.15) is 46.4 Å². The molecule has 0 radical (unpaired) electrons. The summed E-state index contributed by atoms with van der Waals surface area (Å²) in [5, 5.41) is 11.4. The third kappa shape index (κ3) is 4.60. The number of aliphatic hydroxyl groups is 1. The lowest BCUT2D eigenvalue weighted by molar-refractivity contribution is -0.139. The van der Waals surface area contributed by atoms with Crippen molar-refractivity contribution in [1.82, 2.24) is 14.5 Å². The summed E-state index contributed by atoms with van der Waals surface area (Å²) in [5.74, 6) is -1.39. The summed E-state index contributed by atoms with van der Waals surface area (Å²) in [4.78, 5) is 43.9. The number of rotatable bonds is 7. The maximum Gasteiger partial charge on any atom is 0.337 e. The van der Waals surface area contributed by atoms with Gasteiger partial charge in [0.1, 0.15) is 17.6 Å². The number of hydrogen-bond acceptors (Lipinski definition) is 7. The van der Waals surface area contributed by atoms with Crippen molar-refractivity contribution in [3.05, 3.63) is 89.0 Å². The molecule has 3 aromatic rings. The van der Waals surface area contributed by atoms with Crippen molar-refractivity contribution >= 4 is 23.4 Å². The van der Waals surface area contributed by atoms with E-state index in [1.807, 2.05) is 17.7 Å². The third-order valence-corrected chi connectivity index (χ3v) is 6.73. The summed E-state index contributed by atoms with van der Waals surface area (Å²) < 4.78 is 12.4. The monoisotopic (exact) mass is 501 g/mol. The van der Waals surface area contributed by atoms with Gasteiger partial charge < -0.3 is 24.0 Å². The fourth-order valence-electron chi connectivity index (χ4n) is 4.94. The van der Waals surface area contributed by atoms with Crippen LogP contribution in [0.3, 0.4) is 0 Å². The number of Topliss-reactive ketones (excluding diaryl/α,β-unsaturated/α-hetero) is 1. The number of aromatic nitrogens is 2. The maximum absolute atomic E-state index is 13.3. The lowest BCUT2D eigenvalue weighted by Crippen LogP contribution is -2.31. The number of ether oxygens (including phenoxy) is 2. The Morgan fingerprint density at radius 3 is 2.59 bits per heavy atom. The molecule has 5 rings (SSSR count). The van der Waals surface area contributed by atoms with Crippen LogP contribution in [0.2, 0.25) is 0 Å². The van der Waals surface area contributed by atoms with Crippen molar-refractivity contribution in [2.45, 2.75) is 38.5 Å². The Morgan fingerprint density at radius 2 is 1.89 bits per heavy atom. The Morgan fingerprint density at radius 1 is 1.14 bits per heavy atom. The molecule has 2 aliphatic heterocycles. The summed E-state index contributed by atoms with van der Waals surface area (Å²) in [6.45, 7) is 2.87. The number of ketones is 1. The molecule has 9 nitrogen and oxygen atoms in total. The first-order valence-electron chi connectivity index (χ1n) is 12.1. The molecule has 2 aromatic carbocycles. The fraction of sp³-hybridized carbons (Fsp3) is 0.286. The highest BCUT2D eigenvalue weighted by Gasteiger charge is 2.46. The van der Waals surface area contributed by atoms with Crippen LogP contribution < -0.4 is 4.74 Å². The molecular weight excluding hydrogens is 474 g/mol. The Labute approximate surface area is 213 Å². The lowest BCUT2D eigenvalue weighted by Gasteiger charge is -2.25. The smallest absolute Gasteiger partial charge is 0.337 e. The molecule has 0 aliphatic carbocycles. The highest BCUT2D eigenvalue weighted by molar-refractivity contribution is 6.46. The van der Waals surface area contributed by atoms with Gasteiger partial charge in [0.15, 0.2) is 0 Å². The van der Waals surface area contributed by atoms with E-state index in [4.69, 9.17) is 9.47 Å². The van der Waals surface area contributed by atoms with Gasteiger partial charge in [0, 0.05) is 37.5 Å². The normalized spacial score (nSPS) is 20.1. The predicted octanol–water partition coefficient (Wildman–Crippen LogP) is 3.51. The van der Waals surface area contributed by atoms with Crippen LogP contribution in [0, 0.1) is 0 Å². The summed E-state index contributed by atoms with van der Waals surface area (Å²) in [5.41, 5.74) is 2.35. The quantitative estimate of drug-likeness (QED) is 0.228. The molecule has 190 valence electrons. The first-order valence-corrected chi connectivity index (χ1v) is 12.1. The number of aliphatic hydroxyl groups excluding tert-OH is 1. The van der Waals surface area contributed by atoms with E-state index in [0.717, 1.165) is 11.3 Å². The van der Waals surface area contributed by atoms with Gasteiger partial charge in [-0.1, -0.05) is 12.1 Å². The number of methoxy groups -OCH3 is 1. The molecule has 1 fully saturated rings. The highest BCUT2D eigenvalue weighted by Crippen LogP contribution is 2.40. The van der Waals surface area contributed by atoms with Crippen molar-refractivity contribution in [2.24, 2.45) is 0 Å². The molecule has 2 atom stereocenters. The van der Waals surface area contributed by atoms with Crippen molar-refractivity contribution in [2.75, 3.05) is 13.7 Å². The van der Waals surface area contributed by atoms with Gasteiger partial charge >= 0.3 is 5.97 Å². The first kappa shape index (κ1) is 24.3. The minimum absolute atomic E-state index is 0.0189. The van der Waals surface area contributed by atoms with E-state index in [-0.39, 0.29) is 17.4 Å². The van der Waals surface area contributed by atoms with Crippen molar-refractivity contribution in [3.8, 4) is 5.75 Å². The zero-order chi connectivity index (χ0) is 26.1. The number of imidazole rings is 1. The molecule has 0 saturated carbocycles. The first-order chi connectivity index (χ1) is 17.9. The number of aryl methyl sites for hydroxylation is 1. The number of hydrogen-bond donors (Lipinski definition) is 1. The number of esters is 1. The zero-order valence-electron chi connectivity index (χ0n) is 20.6. The second-order valence-corrected chi connectivity index (χ2v) is 9.22. The predicted molar refractivity (Wildman–Crippen MR) is 134 cm³/mol. The maximum atomic E-state index is 13.3. The van der Waals surface area contributed by atoms with E-state index < -0.39 is 23.7 Å². The Bertz CT molecular complexity index is 1380. The lowest BCUT2D eigenvalue weighted by atomic mass is 9.94. The van der Waals surface area contributed by atoms with E-state index in [1.165, 1.54) is 12.0 Å². The largest absolute Gasteiger partial charge is 0.507 e. The average molecular weight is 502 g/mol. The second kappa shape index (κ2) is 9.93. The van der Waals surface area contributed by atoms with E-state index in [1.54, 1.807) is 55.0 Å². The second-order valence-electron chi connectivity index (χ2n) is 9.22. The molecule has 9 heteroatoms. The SMILES string of the molecule is COC(=O)c1ccc([C@@H]2C(=C(O)c3ccc4c(c3)C[C@H](C)O4)C(=O)C(=O)N2CCCn2ccnc2)cc1. The number of amides is 1. The Hall–Kier alpha value is -4.40. The van der Waals surface area contributed by atoms with Crippen LogP contribution in [-0.4, -0.2) is 57.0 Å². The van der Waals surface area contributed by atoms with Crippen LogP contribution in [0.25, 0.3) is 5.76 Å². The van der Waals surface area contributed by atoms with E-state index in [0.29, 0.717) is 42.6 Å². The van der Waals surface area contributed by atoms with Crippen molar-refractivity contribution < 1.29 is 29.0 Å². The standard InChI is InChI=1S/C28H27N3O6/c1-17-14-21-15-20(8-9-22(21)37-17)25(32)23-24(18-4-6-19(7-5-18)28(35)36-2)31(27(34)26(23)33)12-3-11-30-13-10-29-16-30/h4-10,13,15-17,24,32H,3,11-12,14H2,1-2H3/t17-,24+/m0/s1. The molecule has 1 saturated heterocycles. The van der Waals surface area contributed by atoms with Gasteiger partial charge in [-0.25, -0.2) is 9.78 Å². The number of carbonyl (C=O) groups is 3. The van der Waals surface area contributed by atoms with E-state index in [9.17, 15) is 19.5 Å². The molecule has 1 aromatic heterocycles. The Kier molecular flexibility index (Phi) is 6.52. The molecule has 2 aliphatic rings. The Balaban J connectivity index is 1.53. The minimum Gasteiger partial charge on any atom is -0.507 e. The highest BCUT2D eigenvalue weighted by atomic mass is 16.5. The zero-order valence-corrected chi connectivity index (χ0v) is 20.6. The third-order valence-electron chi connectivity index (χ3n) is 6.73. The topological polar surface area (TPSA) is 111 Å². The van der Waals surface area contributed by atoms with E-state index >= 15 is 0 Å². The molecule has 0 spiro atoms. The number of nitrogens with zero attached hydrogens (tertiary/aromatic N) is 3. The average Bonchev–Trinajstić information content (AvgIpc) is 3.62. The summed E-state index contributed by atoms with van der Waals surface area (Å²) >= 11 is 0. The summed E-state index contributed by atoms with van der Waals surface area (Å²) in [7, 11) is 1.30. The summed E-state index contributed by atoms with van der Waals surface area (Å²) in [6.07, 6.45) is 6.50. The van der Waals surface area contributed by atoms with Crippen LogP contribution >= 0.6 is 0 Å². The number of fused-ring (bicyclic) bond motifs is 1. The molecule has 0 bridgehead atoms. The van der Waals surface area contributed by atoms with Gasteiger partial charge in [0.2, 0.25) is 0 Å². The summed E-state index contributed by atoms with van der Waals surface area (Å²) in [6, 6.07) is 11.0. The number of likely N-dealkylation sites (tertiary alicyclic amines) is 1. The molecule has 3 heterocycles. The molecule has 1 N–H and O–H groups in total. The van der Waals surface area contributed by atoms with Gasteiger partial charge in [-0.15, -0.1) is 0 Å². The molecule has 37 heavy (non-hydrogen) atoms. The van der Waals surface area contributed by atoms with Gasteiger partial charge in [0.05, 0.1) is 30.6 Å². The van der Waals surface area contributed by atoms with Gasteiger partial charge in [-0.2, -0.15) is 0 Å². The fourth-order valence-corrected chi connectivity index (χ4v) is 4.94. The van der Waals surface area contributed by atoms with Crippen LogP contribution in [0.15, 0.2) is 66.8 Å². The van der Waals surface area contributed by atoms with Crippen LogP contribution in [-0.2, 0) is 27.3 Å².